The number of aromatic amines is 1. The molecule has 5 rings (SSSR count). The summed E-state index contributed by atoms with van der Waals surface area (Å²) in [5, 5.41) is 4.01. The van der Waals surface area contributed by atoms with Crippen LogP contribution in [0.1, 0.15) is 33.6 Å². The molecule has 0 radical (unpaired) electrons. The van der Waals surface area contributed by atoms with Gasteiger partial charge >= 0.3 is 6.09 Å². The van der Waals surface area contributed by atoms with Crippen molar-refractivity contribution >= 4 is 22.7 Å². The van der Waals surface area contributed by atoms with E-state index in [1.807, 2.05) is 82.5 Å². The zero-order chi connectivity index (χ0) is 30.6. The fourth-order valence-corrected chi connectivity index (χ4v) is 5.13. The number of piperidine rings is 1. The van der Waals surface area contributed by atoms with Gasteiger partial charge in [0.05, 0.1) is 12.7 Å². The molecule has 0 bridgehead atoms. The summed E-state index contributed by atoms with van der Waals surface area (Å²) in [6, 6.07) is 15.3. The molecule has 0 aliphatic carbocycles. The molecule has 1 aliphatic heterocycles. The number of aromatic nitrogens is 2. The highest BCUT2D eigenvalue weighted by Gasteiger charge is 2.27. The van der Waals surface area contributed by atoms with E-state index in [0.29, 0.717) is 49.1 Å². The zero-order valence-corrected chi connectivity index (χ0v) is 25.4. The van der Waals surface area contributed by atoms with E-state index in [9.17, 15) is 9.59 Å². The van der Waals surface area contributed by atoms with Crippen molar-refractivity contribution in [3.8, 4) is 28.4 Å². The summed E-state index contributed by atoms with van der Waals surface area (Å²) in [6.07, 6.45) is 4.95. The van der Waals surface area contributed by atoms with Crippen molar-refractivity contribution in [3.63, 3.8) is 0 Å². The van der Waals surface area contributed by atoms with Crippen LogP contribution in [0.5, 0.6) is 17.2 Å². The van der Waals surface area contributed by atoms with Gasteiger partial charge in [-0.05, 0) is 70.0 Å². The molecule has 43 heavy (non-hydrogen) atoms. The quantitative estimate of drug-likeness (QED) is 0.226. The molecule has 10 nitrogen and oxygen atoms in total. The van der Waals surface area contributed by atoms with Gasteiger partial charge in [0.25, 0.3) is 5.56 Å². The molecule has 3 heterocycles. The Morgan fingerprint density at radius 3 is 2.53 bits per heavy atom. The molecule has 0 atom stereocenters. The van der Waals surface area contributed by atoms with Crippen LogP contribution in [0.2, 0.25) is 0 Å². The Labute approximate surface area is 251 Å². The van der Waals surface area contributed by atoms with E-state index in [4.69, 9.17) is 18.9 Å². The SMILES string of the molecule is CNc1ccc(Oc2cccc(OCCOC3CCN(C(=O)OC(C)(C)C)CC3)c2)c(-c2cn(C)c(=O)c3[nH]ccc23)c1. The van der Waals surface area contributed by atoms with Gasteiger partial charge in [-0.1, -0.05) is 6.07 Å². The Balaban J connectivity index is 1.20. The normalized spacial score (nSPS) is 14.1. The van der Waals surface area contributed by atoms with E-state index in [-0.39, 0.29) is 17.8 Å². The number of carbonyl (C=O) groups is 1. The summed E-state index contributed by atoms with van der Waals surface area (Å²) >= 11 is 0. The van der Waals surface area contributed by atoms with Crippen LogP contribution in [-0.4, -0.2) is 65.6 Å². The molecule has 1 amide bonds. The second-order valence-electron chi connectivity index (χ2n) is 11.6. The number of amides is 1. The minimum Gasteiger partial charge on any atom is -0.491 e. The topological polar surface area (TPSA) is 107 Å². The average molecular weight is 589 g/mol. The molecule has 2 N–H and O–H groups in total. The first-order chi connectivity index (χ1) is 20.6. The van der Waals surface area contributed by atoms with Gasteiger partial charge in [-0.2, -0.15) is 0 Å². The Kier molecular flexibility index (Phi) is 8.96. The van der Waals surface area contributed by atoms with Gasteiger partial charge in [-0.25, -0.2) is 4.79 Å². The maximum Gasteiger partial charge on any atom is 0.410 e. The number of nitrogens with zero attached hydrogens (tertiary/aromatic N) is 2. The number of H-pyrrole nitrogens is 1. The largest absolute Gasteiger partial charge is 0.491 e. The minimum absolute atomic E-state index is 0.0833. The van der Waals surface area contributed by atoms with Gasteiger partial charge in [0.15, 0.2) is 0 Å². The maximum absolute atomic E-state index is 12.6. The fraction of sp³-hybridized carbons (Fsp3) is 0.394. The van der Waals surface area contributed by atoms with Crippen LogP contribution in [0, 0.1) is 0 Å². The highest BCUT2D eigenvalue weighted by Crippen LogP contribution is 2.38. The lowest BCUT2D eigenvalue weighted by Gasteiger charge is -2.33. The van der Waals surface area contributed by atoms with E-state index in [2.05, 4.69) is 10.3 Å². The molecular formula is C33H40N4O6. The van der Waals surface area contributed by atoms with Crippen LogP contribution in [0.25, 0.3) is 22.0 Å². The number of aryl methyl sites for hydroxylation is 1. The van der Waals surface area contributed by atoms with Crippen LogP contribution in [0.15, 0.2) is 65.7 Å². The number of fused-ring (bicyclic) bond motifs is 1. The number of anilines is 1. The first-order valence-electron chi connectivity index (χ1n) is 14.6. The van der Waals surface area contributed by atoms with E-state index < -0.39 is 5.60 Å². The van der Waals surface area contributed by atoms with Gasteiger partial charge in [-0.3, -0.25) is 4.79 Å². The van der Waals surface area contributed by atoms with Gasteiger partial charge < -0.3 is 38.7 Å². The summed E-state index contributed by atoms with van der Waals surface area (Å²) in [4.78, 5) is 29.7. The predicted octanol–water partition coefficient (Wildman–Crippen LogP) is 6.16. The molecule has 1 aliphatic rings. The van der Waals surface area contributed by atoms with Crippen molar-refractivity contribution < 1.29 is 23.7 Å². The van der Waals surface area contributed by atoms with Crippen molar-refractivity contribution in [2.75, 3.05) is 38.7 Å². The minimum atomic E-state index is -0.498. The maximum atomic E-state index is 12.6. The summed E-state index contributed by atoms with van der Waals surface area (Å²) in [5.41, 5.74) is 2.62. The van der Waals surface area contributed by atoms with Crippen LogP contribution in [0.3, 0.4) is 0 Å². The Morgan fingerprint density at radius 2 is 1.79 bits per heavy atom. The molecular weight excluding hydrogens is 548 g/mol. The lowest BCUT2D eigenvalue weighted by molar-refractivity contribution is -0.0177. The molecule has 10 heteroatoms. The lowest BCUT2D eigenvalue weighted by atomic mass is 10.0. The van der Waals surface area contributed by atoms with E-state index in [1.165, 1.54) is 0 Å². The molecule has 2 aromatic carbocycles. The smallest absolute Gasteiger partial charge is 0.410 e. The zero-order valence-electron chi connectivity index (χ0n) is 25.4. The Morgan fingerprint density at radius 1 is 1.02 bits per heavy atom. The number of pyridine rings is 1. The summed E-state index contributed by atoms with van der Waals surface area (Å²) in [7, 11) is 3.61. The standard InChI is InChI=1S/C33H40N4O6/c1-33(2,3)43-32(39)37-15-12-23(13-16-37)40-17-18-41-24-7-6-8-25(20-24)42-29-10-9-22(34-4)19-27(29)28-21-36(5)31(38)30-26(28)11-14-35-30/h6-11,14,19-21,23,34-35H,12-13,15-18H2,1-5H3. The molecule has 1 fully saturated rings. The second-order valence-corrected chi connectivity index (χ2v) is 11.6. The van der Waals surface area contributed by atoms with Crippen molar-refractivity contribution in [2.24, 2.45) is 7.05 Å². The fourth-order valence-electron chi connectivity index (χ4n) is 5.13. The molecule has 0 unspecified atom stereocenters. The number of likely N-dealkylation sites (tertiary alicyclic amines) is 1. The number of ether oxygens (including phenoxy) is 4. The Hall–Kier alpha value is -4.44. The van der Waals surface area contributed by atoms with Gasteiger partial charge in [-0.15, -0.1) is 0 Å². The summed E-state index contributed by atoms with van der Waals surface area (Å²) in [6.45, 7) is 7.68. The lowest BCUT2D eigenvalue weighted by Crippen LogP contribution is -2.43. The van der Waals surface area contributed by atoms with Crippen molar-refractivity contribution in [1.82, 2.24) is 14.5 Å². The van der Waals surface area contributed by atoms with Crippen molar-refractivity contribution in [1.29, 1.82) is 0 Å². The van der Waals surface area contributed by atoms with Crippen LogP contribution >= 0.6 is 0 Å². The van der Waals surface area contributed by atoms with Gasteiger partial charge in [0, 0.05) is 67.8 Å². The molecule has 228 valence electrons. The summed E-state index contributed by atoms with van der Waals surface area (Å²) < 4.78 is 25.4. The summed E-state index contributed by atoms with van der Waals surface area (Å²) in [5.74, 6) is 1.95. The number of hydrogen-bond donors (Lipinski definition) is 2. The first kappa shape index (κ1) is 30.0. The van der Waals surface area contributed by atoms with Crippen molar-refractivity contribution in [3.05, 3.63) is 71.3 Å². The van der Waals surface area contributed by atoms with Crippen LogP contribution in [-0.2, 0) is 16.5 Å². The number of rotatable bonds is 9. The first-order valence-corrected chi connectivity index (χ1v) is 14.6. The van der Waals surface area contributed by atoms with Crippen molar-refractivity contribution in [2.45, 2.75) is 45.3 Å². The van der Waals surface area contributed by atoms with Gasteiger partial charge in [0.2, 0.25) is 0 Å². The third-order valence-corrected chi connectivity index (χ3v) is 7.29. The van der Waals surface area contributed by atoms with E-state index >= 15 is 0 Å². The molecule has 4 aromatic rings. The number of hydrogen-bond acceptors (Lipinski definition) is 7. The Bertz CT molecular complexity index is 1630. The number of benzene rings is 2. The molecule has 0 spiro atoms. The number of nitrogens with one attached hydrogen (secondary N) is 2. The third-order valence-electron chi connectivity index (χ3n) is 7.29. The van der Waals surface area contributed by atoms with E-state index in [1.54, 1.807) is 22.7 Å². The third kappa shape index (κ3) is 7.32. The predicted molar refractivity (Wildman–Crippen MR) is 167 cm³/mol. The van der Waals surface area contributed by atoms with E-state index in [0.717, 1.165) is 35.0 Å². The second kappa shape index (κ2) is 12.8. The van der Waals surface area contributed by atoms with Crippen LogP contribution in [0.4, 0.5) is 10.5 Å². The van der Waals surface area contributed by atoms with Crippen LogP contribution < -0.4 is 20.3 Å². The van der Waals surface area contributed by atoms with Gasteiger partial charge in [0.1, 0.15) is 35.0 Å². The molecule has 1 saturated heterocycles. The average Bonchev–Trinajstić information content (AvgIpc) is 3.48. The highest BCUT2D eigenvalue weighted by atomic mass is 16.6. The molecule has 2 aromatic heterocycles. The number of carbonyl (C=O) groups excluding carboxylic acids is 1. The molecule has 0 saturated carbocycles. The highest BCUT2D eigenvalue weighted by molar-refractivity contribution is 5.96. The monoisotopic (exact) mass is 588 g/mol.